The maximum absolute atomic E-state index is 6.45. The quantitative estimate of drug-likeness (QED) is 0.307. The largest absolute Gasteiger partial charge is 0.361 e. The molecular weight excluding hydrogens is 397 g/mol. The Balaban J connectivity index is 1.89. The number of ether oxygens (including phenoxy) is 1. The summed E-state index contributed by atoms with van der Waals surface area (Å²) in [6, 6.07) is 3.45. The highest BCUT2D eigenvalue weighted by Crippen LogP contribution is 2.37. The molecule has 1 atom stereocenters. The lowest BCUT2D eigenvalue weighted by Crippen LogP contribution is -2.49. The molecule has 2 aromatic rings. The van der Waals surface area contributed by atoms with Crippen LogP contribution in [0.25, 0.3) is 10.9 Å². The molecule has 0 aliphatic heterocycles. The third-order valence-electron chi connectivity index (χ3n) is 5.56. The molecule has 7 heteroatoms. The minimum atomic E-state index is -1.12. The second kappa shape index (κ2) is 8.03. The molecule has 150 valence electrons. The maximum Gasteiger partial charge on any atom is 0.153 e. The number of nitrogens with zero attached hydrogens (tertiary/aromatic N) is 2. The fraction of sp³-hybridized carbons (Fsp3) is 0.650. The Hall–Kier alpha value is -0.593. The first-order valence-electron chi connectivity index (χ1n) is 9.78. The van der Waals surface area contributed by atoms with E-state index < -0.39 is 8.07 Å². The number of hydrogen-bond donors (Lipinski definition) is 1. The van der Waals surface area contributed by atoms with Crippen molar-refractivity contribution in [2.45, 2.75) is 77.1 Å². The highest BCUT2D eigenvalue weighted by molar-refractivity contribution is 6.76. The molecule has 0 spiro atoms. The van der Waals surface area contributed by atoms with E-state index in [-0.39, 0.29) is 11.6 Å². The van der Waals surface area contributed by atoms with E-state index in [1.165, 1.54) is 19.3 Å². The summed E-state index contributed by atoms with van der Waals surface area (Å²) in [5.74, 6) is 0. The van der Waals surface area contributed by atoms with Crippen LogP contribution in [0.4, 0.5) is 0 Å². The number of fused-ring (bicyclic) bond motifs is 1. The van der Waals surface area contributed by atoms with E-state index in [0.717, 1.165) is 29.2 Å². The van der Waals surface area contributed by atoms with Crippen LogP contribution in [0.2, 0.25) is 35.9 Å². The van der Waals surface area contributed by atoms with Crippen molar-refractivity contribution in [3.05, 3.63) is 28.1 Å². The van der Waals surface area contributed by atoms with Crippen LogP contribution >= 0.6 is 23.2 Å². The molecule has 27 heavy (non-hydrogen) atoms. The van der Waals surface area contributed by atoms with Crippen molar-refractivity contribution in [2.24, 2.45) is 0 Å². The molecule has 1 N–H and O–H groups in total. The molecule has 3 rings (SSSR count). The van der Waals surface area contributed by atoms with E-state index in [1.54, 1.807) is 6.20 Å². The third kappa shape index (κ3) is 4.88. The van der Waals surface area contributed by atoms with Crippen molar-refractivity contribution in [3.63, 3.8) is 0 Å². The summed E-state index contributed by atoms with van der Waals surface area (Å²) in [7, 11) is -1.12. The number of rotatable bonds is 8. The van der Waals surface area contributed by atoms with Gasteiger partial charge in [-0.25, -0.2) is 4.98 Å². The third-order valence-corrected chi connectivity index (χ3v) is 7.84. The average Bonchev–Trinajstić information content (AvgIpc) is 2.93. The zero-order chi connectivity index (χ0) is 19.8. The Bertz CT molecular complexity index is 812. The van der Waals surface area contributed by atoms with Gasteiger partial charge in [0.1, 0.15) is 6.73 Å². The highest BCUT2D eigenvalue weighted by Gasteiger charge is 2.33. The molecule has 2 aromatic heterocycles. The summed E-state index contributed by atoms with van der Waals surface area (Å²) >= 11 is 12.9. The summed E-state index contributed by atoms with van der Waals surface area (Å²) < 4.78 is 8.20. The zero-order valence-corrected chi connectivity index (χ0v) is 19.5. The number of nitrogens with one attached hydrogen (secondary N) is 1. The number of pyridine rings is 1. The van der Waals surface area contributed by atoms with Crippen LogP contribution < -0.4 is 5.32 Å². The van der Waals surface area contributed by atoms with Crippen LogP contribution in [-0.4, -0.2) is 29.8 Å². The normalized spacial score (nSPS) is 17.9. The number of aromatic nitrogens is 2. The van der Waals surface area contributed by atoms with Gasteiger partial charge in [-0.1, -0.05) is 42.8 Å². The molecule has 0 amide bonds. The summed E-state index contributed by atoms with van der Waals surface area (Å²) in [4.78, 5) is 4.25. The van der Waals surface area contributed by atoms with E-state index in [0.29, 0.717) is 16.9 Å². The standard InChI is InChI=1S/C20H31Cl2N3OSi/c1-14(24-20(2)7-6-8-20)17-11-15-16(21)12-23-19(22)18(15)25(17)13-26-9-10-27(3,4)5/h11-12,14,24H,6-10,13H2,1-5H3. The topological polar surface area (TPSA) is 39.1 Å². The van der Waals surface area contributed by atoms with Gasteiger partial charge in [0.15, 0.2) is 5.15 Å². The lowest BCUT2D eigenvalue weighted by molar-refractivity contribution is 0.0860. The first kappa shape index (κ1) is 21.1. The van der Waals surface area contributed by atoms with Crippen molar-refractivity contribution in [1.82, 2.24) is 14.9 Å². The van der Waals surface area contributed by atoms with E-state index in [2.05, 4.69) is 54.4 Å². The maximum atomic E-state index is 6.45. The van der Waals surface area contributed by atoms with E-state index in [1.807, 2.05) is 0 Å². The Morgan fingerprint density at radius 1 is 1.33 bits per heavy atom. The molecule has 1 saturated carbocycles. The van der Waals surface area contributed by atoms with E-state index in [9.17, 15) is 0 Å². The van der Waals surface area contributed by atoms with Crippen molar-refractivity contribution in [2.75, 3.05) is 6.61 Å². The zero-order valence-electron chi connectivity index (χ0n) is 17.0. The fourth-order valence-corrected chi connectivity index (χ4v) is 4.90. The highest BCUT2D eigenvalue weighted by atomic mass is 35.5. The van der Waals surface area contributed by atoms with Crippen LogP contribution in [0.1, 0.15) is 44.8 Å². The summed E-state index contributed by atoms with van der Waals surface area (Å²) in [5, 5.41) is 5.82. The summed E-state index contributed by atoms with van der Waals surface area (Å²) in [5.41, 5.74) is 2.22. The predicted octanol–water partition coefficient (Wildman–Crippen LogP) is 6.25. The van der Waals surface area contributed by atoms with Gasteiger partial charge in [-0.2, -0.15) is 0 Å². The molecule has 1 fully saturated rings. The SMILES string of the molecule is CC(NC1(C)CCC1)c1cc2c(Cl)cnc(Cl)c2n1COCC[Si](C)(C)C. The molecule has 1 unspecified atom stereocenters. The number of hydrogen-bond acceptors (Lipinski definition) is 3. The Morgan fingerprint density at radius 3 is 2.63 bits per heavy atom. The second-order valence-electron chi connectivity index (χ2n) is 9.28. The van der Waals surface area contributed by atoms with Crippen LogP contribution in [0.5, 0.6) is 0 Å². The average molecular weight is 428 g/mol. The van der Waals surface area contributed by atoms with Gasteiger partial charge in [0, 0.05) is 43.5 Å². The molecule has 0 saturated heterocycles. The summed E-state index contributed by atoms with van der Waals surface area (Å²) in [6.07, 6.45) is 5.35. The molecule has 1 aliphatic rings. The first-order chi connectivity index (χ1) is 12.6. The first-order valence-corrected chi connectivity index (χ1v) is 14.2. The molecule has 0 aromatic carbocycles. The fourth-order valence-electron chi connectivity index (χ4n) is 3.70. The van der Waals surface area contributed by atoms with Gasteiger partial charge in [-0.3, -0.25) is 0 Å². The molecule has 0 radical (unpaired) electrons. The molecule has 0 bridgehead atoms. The second-order valence-corrected chi connectivity index (χ2v) is 15.7. The minimum Gasteiger partial charge on any atom is -0.361 e. The van der Waals surface area contributed by atoms with Crippen LogP contribution in [0, 0.1) is 0 Å². The van der Waals surface area contributed by atoms with Gasteiger partial charge in [-0.05, 0) is 45.2 Å². The Morgan fingerprint density at radius 2 is 2.04 bits per heavy atom. The van der Waals surface area contributed by atoms with Gasteiger partial charge in [0.2, 0.25) is 0 Å². The van der Waals surface area contributed by atoms with Gasteiger partial charge in [0.05, 0.1) is 10.5 Å². The monoisotopic (exact) mass is 427 g/mol. The van der Waals surface area contributed by atoms with Crippen molar-refractivity contribution in [3.8, 4) is 0 Å². The molecule has 4 nitrogen and oxygen atoms in total. The minimum absolute atomic E-state index is 0.176. The van der Waals surface area contributed by atoms with E-state index >= 15 is 0 Å². The Kier molecular flexibility index (Phi) is 6.28. The molecule has 2 heterocycles. The smallest absolute Gasteiger partial charge is 0.153 e. The van der Waals surface area contributed by atoms with Gasteiger partial charge in [-0.15, -0.1) is 0 Å². The van der Waals surface area contributed by atoms with Gasteiger partial charge >= 0.3 is 0 Å². The van der Waals surface area contributed by atoms with Crippen molar-refractivity contribution < 1.29 is 4.74 Å². The van der Waals surface area contributed by atoms with Crippen LogP contribution in [0.15, 0.2) is 12.3 Å². The van der Waals surface area contributed by atoms with E-state index in [4.69, 9.17) is 27.9 Å². The lowest BCUT2D eigenvalue weighted by atomic mass is 9.78. The van der Waals surface area contributed by atoms with Crippen LogP contribution in [0.3, 0.4) is 0 Å². The molecule has 1 aliphatic carbocycles. The Labute approximate surface area is 173 Å². The van der Waals surface area contributed by atoms with Gasteiger partial charge in [0.25, 0.3) is 0 Å². The number of halogens is 2. The lowest BCUT2D eigenvalue weighted by Gasteiger charge is -2.41. The van der Waals surface area contributed by atoms with Crippen molar-refractivity contribution in [1.29, 1.82) is 0 Å². The molecular formula is C20H31Cl2N3OSi. The van der Waals surface area contributed by atoms with Gasteiger partial charge < -0.3 is 14.6 Å². The predicted molar refractivity (Wildman–Crippen MR) is 118 cm³/mol. The van der Waals surface area contributed by atoms with Crippen molar-refractivity contribution >= 4 is 42.2 Å². The summed E-state index contributed by atoms with van der Waals surface area (Å²) in [6.45, 7) is 12.8. The van der Waals surface area contributed by atoms with Crippen LogP contribution in [-0.2, 0) is 11.5 Å².